The van der Waals surface area contributed by atoms with Crippen LogP contribution >= 0.6 is 0 Å². The summed E-state index contributed by atoms with van der Waals surface area (Å²) in [5.74, 6) is 1.66. The van der Waals surface area contributed by atoms with E-state index in [4.69, 9.17) is 15.0 Å². The largest absolute Gasteiger partial charge is 0.343 e. The van der Waals surface area contributed by atoms with Crippen molar-refractivity contribution in [3.8, 4) is 11.4 Å². The Bertz CT molecular complexity index is 1590. The lowest BCUT2D eigenvalue weighted by atomic mass is 9.93. The van der Waals surface area contributed by atoms with Gasteiger partial charge in [0, 0.05) is 27.4 Å². The van der Waals surface area contributed by atoms with Crippen LogP contribution < -0.4 is 5.32 Å². The molecule has 4 aromatic carbocycles. The molecule has 0 unspecified atom stereocenters. The third-order valence-electron chi connectivity index (χ3n) is 6.31. The van der Waals surface area contributed by atoms with Gasteiger partial charge in [-0.25, -0.2) is 15.0 Å². The fraction of sp³-hybridized carbons (Fsp3) is 0.148. The lowest BCUT2D eigenvalue weighted by Crippen LogP contribution is -2.12. The number of hydrogen-bond acceptors (Lipinski definition) is 4. The van der Waals surface area contributed by atoms with Gasteiger partial charge in [0.1, 0.15) is 5.84 Å². The molecule has 0 atom stereocenters. The number of anilines is 1. The molecule has 2 heterocycles. The molecule has 0 fully saturated rings. The van der Waals surface area contributed by atoms with Crippen LogP contribution in [0.4, 0.5) is 11.4 Å². The zero-order valence-electron chi connectivity index (χ0n) is 18.0. The zero-order valence-corrected chi connectivity index (χ0v) is 18.0. The van der Waals surface area contributed by atoms with Crippen molar-refractivity contribution in [2.45, 2.75) is 27.7 Å². The molecule has 1 aromatic heterocycles. The van der Waals surface area contributed by atoms with Gasteiger partial charge in [-0.05, 0) is 67.8 Å². The Morgan fingerprint density at radius 2 is 1.61 bits per heavy atom. The van der Waals surface area contributed by atoms with Crippen LogP contribution in [0.2, 0.25) is 0 Å². The SMILES string of the molecule is CC1=Nc2c(C)c(-c3nc(C)c4c(C)cccc4n3)cc3cc4ccccc4c(c23)N1. The molecule has 0 saturated carbocycles. The van der Waals surface area contributed by atoms with Crippen LogP contribution in [-0.4, -0.2) is 15.8 Å². The van der Waals surface area contributed by atoms with E-state index in [2.05, 4.69) is 80.7 Å². The number of aliphatic imine (C=N–C) groups is 1. The van der Waals surface area contributed by atoms with Crippen molar-refractivity contribution in [2.24, 2.45) is 4.99 Å². The average Bonchev–Trinajstić information content (AvgIpc) is 2.75. The maximum atomic E-state index is 4.96. The molecule has 5 aromatic rings. The monoisotopic (exact) mass is 402 g/mol. The van der Waals surface area contributed by atoms with Gasteiger partial charge in [0.05, 0.1) is 16.9 Å². The van der Waals surface area contributed by atoms with Crippen molar-refractivity contribution in [3.05, 3.63) is 71.4 Å². The predicted molar refractivity (Wildman–Crippen MR) is 131 cm³/mol. The highest BCUT2D eigenvalue weighted by atomic mass is 15.0. The quantitative estimate of drug-likeness (QED) is 0.307. The molecule has 0 aliphatic carbocycles. The molecule has 1 aliphatic rings. The minimum Gasteiger partial charge on any atom is -0.343 e. The van der Waals surface area contributed by atoms with E-state index in [0.29, 0.717) is 0 Å². The molecule has 6 rings (SSSR count). The second kappa shape index (κ2) is 6.35. The van der Waals surface area contributed by atoms with Crippen molar-refractivity contribution in [1.29, 1.82) is 0 Å². The standard InChI is InChI=1S/C27H22N4/c1-14-8-7-11-22-23(14)16(3)28-27(31-22)21-13-19-12-18-9-5-6-10-20(18)26-24(19)25(15(21)2)29-17(4)30-26/h5-13H,1-4H3,(H,29,30). The molecular weight excluding hydrogens is 380 g/mol. The summed E-state index contributed by atoms with van der Waals surface area (Å²) in [5, 5.41) is 9.39. The first-order valence-electron chi connectivity index (χ1n) is 10.6. The van der Waals surface area contributed by atoms with Gasteiger partial charge in [0.2, 0.25) is 0 Å². The van der Waals surface area contributed by atoms with Crippen LogP contribution in [0.5, 0.6) is 0 Å². The summed E-state index contributed by atoms with van der Waals surface area (Å²) in [6.07, 6.45) is 0. The number of amidine groups is 1. The molecule has 1 aliphatic heterocycles. The molecule has 150 valence electrons. The third kappa shape index (κ3) is 2.58. The van der Waals surface area contributed by atoms with Gasteiger partial charge in [-0.1, -0.05) is 36.4 Å². The fourth-order valence-corrected chi connectivity index (χ4v) is 4.89. The minimum absolute atomic E-state index is 0.757. The summed E-state index contributed by atoms with van der Waals surface area (Å²) in [4.78, 5) is 14.8. The molecule has 0 bridgehead atoms. The Morgan fingerprint density at radius 1 is 0.774 bits per heavy atom. The van der Waals surface area contributed by atoms with Crippen LogP contribution in [0.15, 0.2) is 59.6 Å². The number of benzene rings is 4. The highest BCUT2D eigenvalue weighted by Crippen LogP contribution is 2.45. The maximum absolute atomic E-state index is 4.96. The third-order valence-corrected chi connectivity index (χ3v) is 6.31. The van der Waals surface area contributed by atoms with Crippen molar-refractivity contribution in [2.75, 3.05) is 5.32 Å². The summed E-state index contributed by atoms with van der Waals surface area (Å²) in [6.45, 7) is 8.33. The molecule has 0 spiro atoms. The molecule has 31 heavy (non-hydrogen) atoms. The number of hydrogen-bond donors (Lipinski definition) is 1. The summed E-state index contributed by atoms with van der Waals surface area (Å²) in [7, 11) is 0. The first kappa shape index (κ1) is 18.0. The Kier molecular flexibility index (Phi) is 3.69. The number of aryl methyl sites for hydroxylation is 2. The number of rotatable bonds is 1. The zero-order chi connectivity index (χ0) is 21.3. The van der Waals surface area contributed by atoms with E-state index in [1.807, 2.05) is 6.92 Å². The van der Waals surface area contributed by atoms with E-state index >= 15 is 0 Å². The normalized spacial score (nSPS) is 13.0. The Balaban J connectivity index is 1.72. The number of aromatic nitrogens is 2. The number of nitrogens with one attached hydrogen (secondary N) is 1. The van der Waals surface area contributed by atoms with E-state index in [0.717, 1.165) is 56.1 Å². The predicted octanol–water partition coefficient (Wildman–Crippen LogP) is 7.00. The number of nitrogens with zero attached hydrogens (tertiary/aromatic N) is 3. The molecule has 1 N–H and O–H groups in total. The van der Waals surface area contributed by atoms with E-state index in [-0.39, 0.29) is 0 Å². The summed E-state index contributed by atoms with van der Waals surface area (Å²) in [6, 6.07) is 19.2. The minimum atomic E-state index is 0.757. The van der Waals surface area contributed by atoms with Crippen LogP contribution in [-0.2, 0) is 0 Å². The second-order valence-electron chi connectivity index (χ2n) is 8.39. The Labute approximate surface area is 180 Å². The van der Waals surface area contributed by atoms with Gasteiger partial charge in [-0.3, -0.25) is 0 Å². The Morgan fingerprint density at radius 3 is 2.48 bits per heavy atom. The van der Waals surface area contributed by atoms with E-state index in [9.17, 15) is 0 Å². The molecular formula is C27H22N4. The molecule has 0 radical (unpaired) electrons. The lowest BCUT2D eigenvalue weighted by Gasteiger charge is -2.22. The van der Waals surface area contributed by atoms with Crippen LogP contribution in [0.25, 0.3) is 43.8 Å². The lowest BCUT2D eigenvalue weighted by molar-refractivity contribution is 1.15. The molecule has 4 heteroatoms. The van der Waals surface area contributed by atoms with E-state index < -0.39 is 0 Å². The van der Waals surface area contributed by atoms with Gasteiger partial charge in [0.25, 0.3) is 0 Å². The van der Waals surface area contributed by atoms with Gasteiger partial charge < -0.3 is 5.32 Å². The van der Waals surface area contributed by atoms with Gasteiger partial charge in [0.15, 0.2) is 5.82 Å². The highest BCUT2D eigenvalue weighted by molar-refractivity contribution is 6.23. The highest BCUT2D eigenvalue weighted by Gasteiger charge is 2.21. The summed E-state index contributed by atoms with van der Waals surface area (Å²) in [5.41, 5.74) is 7.48. The van der Waals surface area contributed by atoms with E-state index in [1.54, 1.807) is 0 Å². The molecule has 4 nitrogen and oxygen atoms in total. The van der Waals surface area contributed by atoms with Crippen LogP contribution in [0.1, 0.15) is 23.7 Å². The van der Waals surface area contributed by atoms with Crippen molar-refractivity contribution >= 4 is 49.7 Å². The first-order chi connectivity index (χ1) is 15.0. The topological polar surface area (TPSA) is 50.2 Å². The number of fused-ring (bicyclic) bond motifs is 3. The van der Waals surface area contributed by atoms with Gasteiger partial charge >= 0.3 is 0 Å². The van der Waals surface area contributed by atoms with E-state index in [1.165, 1.54) is 21.7 Å². The van der Waals surface area contributed by atoms with Gasteiger partial charge in [-0.2, -0.15) is 0 Å². The second-order valence-corrected chi connectivity index (χ2v) is 8.39. The van der Waals surface area contributed by atoms with Crippen molar-refractivity contribution < 1.29 is 0 Å². The molecule has 0 amide bonds. The Hall–Kier alpha value is -3.79. The van der Waals surface area contributed by atoms with Crippen molar-refractivity contribution in [3.63, 3.8) is 0 Å². The van der Waals surface area contributed by atoms with Crippen LogP contribution in [0.3, 0.4) is 0 Å². The fourth-order valence-electron chi connectivity index (χ4n) is 4.89. The molecule has 0 saturated heterocycles. The van der Waals surface area contributed by atoms with Gasteiger partial charge in [-0.15, -0.1) is 0 Å². The van der Waals surface area contributed by atoms with Crippen molar-refractivity contribution in [1.82, 2.24) is 9.97 Å². The first-order valence-corrected chi connectivity index (χ1v) is 10.6. The summed E-state index contributed by atoms with van der Waals surface area (Å²) < 4.78 is 0. The smallest absolute Gasteiger partial charge is 0.160 e. The average molecular weight is 403 g/mol. The van der Waals surface area contributed by atoms with Crippen LogP contribution in [0, 0.1) is 20.8 Å². The maximum Gasteiger partial charge on any atom is 0.160 e. The summed E-state index contributed by atoms with van der Waals surface area (Å²) >= 11 is 0.